The third-order valence-electron chi connectivity index (χ3n) is 3.33. The monoisotopic (exact) mass is 201 g/mol. The Balaban J connectivity index is 2.18. The number of anilines is 1. The second-order valence-electron chi connectivity index (χ2n) is 4.31. The van der Waals surface area contributed by atoms with Gasteiger partial charge in [-0.25, -0.2) is 4.98 Å². The standard InChI is InChI=1S/C12H15N3/c13-11-7-3-6-10-8-14-12(15(10)11)9-4-1-2-5-9/h3,6-9H,1-2,4-5,13H2. The molecular formula is C12H15N3. The van der Waals surface area contributed by atoms with E-state index in [1.54, 1.807) is 0 Å². The number of hydrogen-bond donors (Lipinski definition) is 1. The molecule has 0 unspecified atom stereocenters. The Hall–Kier alpha value is -1.51. The highest BCUT2D eigenvalue weighted by Gasteiger charge is 2.21. The molecule has 0 atom stereocenters. The topological polar surface area (TPSA) is 43.3 Å². The molecule has 3 rings (SSSR count). The number of hydrogen-bond acceptors (Lipinski definition) is 2. The maximum absolute atomic E-state index is 5.99. The first-order valence-corrected chi connectivity index (χ1v) is 5.58. The van der Waals surface area contributed by atoms with Gasteiger partial charge in [0.05, 0.1) is 11.7 Å². The zero-order valence-corrected chi connectivity index (χ0v) is 8.69. The number of aromatic nitrogens is 2. The first-order valence-electron chi connectivity index (χ1n) is 5.58. The maximum atomic E-state index is 5.99. The van der Waals surface area contributed by atoms with Crippen molar-refractivity contribution in [3.63, 3.8) is 0 Å². The molecule has 0 radical (unpaired) electrons. The van der Waals surface area contributed by atoms with Crippen molar-refractivity contribution in [3.05, 3.63) is 30.2 Å². The van der Waals surface area contributed by atoms with Crippen molar-refractivity contribution in [1.29, 1.82) is 0 Å². The molecule has 2 aromatic rings. The van der Waals surface area contributed by atoms with Gasteiger partial charge in [-0.05, 0) is 25.0 Å². The van der Waals surface area contributed by atoms with E-state index in [0.29, 0.717) is 5.92 Å². The zero-order valence-electron chi connectivity index (χ0n) is 8.69. The van der Waals surface area contributed by atoms with Crippen LogP contribution in [0.15, 0.2) is 24.4 Å². The first-order chi connectivity index (χ1) is 7.36. The summed E-state index contributed by atoms with van der Waals surface area (Å²) in [5, 5.41) is 0. The summed E-state index contributed by atoms with van der Waals surface area (Å²) in [5.41, 5.74) is 7.10. The van der Waals surface area contributed by atoms with E-state index in [2.05, 4.69) is 15.5 Å². The van der Waals surface area contributed by atoms with Gasteiger partial charge in [0, 0.05) is 5.92 Å². The molecule has 3 heteroatoms. The van der Waals surface area contributed by atoms with Crippen molar-refractivity contribution >= 4 is 11.3 Å². The largest absolute Gasteiger partial charge is 0.385 e. The Bertz CT molecular complexity index is 481. The molecule has 0 amide bonds. The number of nitrogens with zero attached hydrogens (tertiary/aromatic N) is 2. The summed E-state index contributed by atoms with van der Waals surface area (Å²) in [4.78, 5) is 4.52. The molecule has 78 valence electrons. The summed E-state index contributed by atoms with van der Waals surface area (Å²) in [6.45, 7) is 0. The van der Waals surface area contributed by atoms with Gasteiger partial charge in [-0.3, -0.25) is 4.40 Å². The van der Waals surface area contributed by atoms with Gasteiger partial charge in [-0.1, -0.05) is 18.9 Å². The molecule has 0 spiro atoms. The van der Waals surface area contributed by atoms with Crippen LogP contribution in [0.3, 0.4) is 0 Å². The van der Waals surface area contributed by atoms with Crippen LogP contribution in [0.25, 0.3) is 5.52 Å². The van der Waals surface area contributed by atoms with Crippen LogP contribution in [-0.4, -0.2) is 9.38 Å². The number of nitrogens with two attached hydrogens (primary N) is 1. The molecule has 1 aliphatic carbocycles. The lowest BCUT2D eigenvalue weighted by Gasteiger charge is -2.09. The third-order valence-corrected chi connectivity index (χ3v) is 3.33. The number of nitrogen functional groups attached to an aromatic ring is 1. The van der Waals surface area contributed by atoms with E-state index in [-0.39, 0.29) is 0 Å². The van der Waals surface area contributed by atoms with Crippen LogP contribution in [0.2, 0.25) is 0 Å². The molecule has 0 aliphatic heterocycles. The molecule has 3 nitrogen and oxygen atoms in total. The van der Waals surface area contributed by atoms with Crippen molar-refractivity contribution < 1.29 is 0 Å². The smallest absolute Gasteiger partial charge is 0.117 e. The van der Waals surface area contributed by atoms with Crippen LogP contribution in [0.5, 0.6) is 0 Å². The lowest BCUT2D eigenvalue weighted by Crippen LogP contribution is -2.04. The summed E-state index contributed by atoms with van der Waals surface area (Å²) in [7, 11) is 0. The van der Waals surface area contributed by atoms with Crippen LogP contribution in [-0.2, 0) is 0 Å². The Morgan fingerprint density at radius 3 is 2.87 bits per heavy atom. The Labute approximate surface area is 88.9 Å². The van der Waals surface area contributed by atoms with Gasteiger partial charge in [-0.15, -0.1) is 0 Å². The van der Waals surface area contributed by atoms with Gasteiger partial charge in [0.15, 0.2) is 0 Å². The van der Waals surface area contributed by atoms with E-state index >= 15 is 0 Å². The Morgan fingerprint density at radius 1 is 1.27 bits per heavy atom. The first kappa shape index (κ1) is 8.77. The lowest BCUT2D eigenvalue weighted by atomic mass is 10.1. The van der Waals surface area contributed by atoms with Gasteiger partial charge in [0.25, 0.3) is 0 Å². The van der Waals surface area contributed by atoms with Gasteiger partial charge in [-0.2, -0.15) is 0 Å². The van der Waals surface area contributed by atoms with E-state index < -0.39 is 0 Å². The highest BCUT2D eigenvalue weighted by atomic mass is 15.1. The fourth-order valence-corrected chi connectivity index (χ4v) is 2.57. The lowest BCUT2D eigenvalue weighted by molar-refractivity contribution is 0.667. The normalized spacial score (nSPS) is 17.6. The SMILES string of the molecule is Nc1cccc2cnc(C3CCCC3)n12. The summed E-state index contributed by atoms with van der Waals surface area (Å²) >= 11 is 0. The van der Waals surface area contributed by atoms with Crippen LogP contribution in [0, 0.1) is 0 Å². The van der Waals surface area contributed by atoms with Crippen molar-refractivity contribution in [3.8, 4) is 0 Å². The van der Waals surface area contributed by atoms with Crippen molar-refractivity contribution in [2.45, 2.75) is 31.6 Å². The predicted molar refractivity (Wildman–Crippen MR) is 60.8 cm³/mol. The molecule has 1 aliphatic rings. The summed E-state index contributed by atoms with van der Waals surface area (Å²) in [6, 6.07) is 5.97. The Morgan fingerprint density at radius 2 is 2.07 bits per heavy atom. The summed E-state index contributed by atoms with van der Waals surface area (Å²) in [5.74, 6) is 2.56. The molecule has 0 bridgehead atoms. The molecule has 0 aromatic carbocycles. The molecule has 1 fully saturated rings. The van der Waals surface area contributed by atoms with Crippen molar-refractivity contribution in [2.24, 2.45) is 0 Å². The number of fused-ring (bicyclic) bond motifs is 1. The molecule has 0 saturated heterocycles. The molecule has 2 aromatic heterocycles. The van der Waals surface area contributed by atoms with Gasteiger partial charge in [0.1, 0.15) is 11.6 Å². The number of rotatable bonds is 1. The minimum Gasteiger partial charge on any atom is -0.385 e. The van der Waals surface area contributed by atoms with Gasteiger partial charge >= 0.3 is 0 Å². The zero-order chi connectivity index (χ0) is 10.3. The third kappa shape index (κ3) is 1.30. The van der Waals surface area contributed by atoms with Crippen LogP contribution >= 0.6 is 0 Å². The molecule has 1 saturated carbocycles. The molecule has 2 heterocycles. The summed E-state index contributed by atoms with van der Waals surface area (Å²) in [6.07, 6.45) is 7.09. The minimum atomic E-state index is 0.609. The molecule has 2 N–H and O–H groups in total. The maximum Gasteiger partial charge on any atom is 0.117 e. The van der Waals surface area contributed by atoms with E-state index in [9.17, 15) is 0 Å². The second kappa shape index (κ2) is 3.26. The fourth-order valence-electron chi connectivity index (χ4n) is 2.57. The quantitative estimate of drug-likeness (QED) is 0.770. The van der Waals surface area contributed by atoms with E-state index in [4.69, 9.17) is 5.73 Å². The van der Waals surface area contributed by atoms with E-state index in [0.717, 1.165) is 17.2 Å². The minimum absolute atomic E-state index is 0.609. The average molecular weight is 201 g/mol. The highest BCUT2D eigenvalue weighted by molar-refractivity contribution is 5.53. The number of pyridine rings is 1. The van der Waals surface area contributed by atoms with E-state index in [1.165, 1.54) is 25.7 Å². The van der Waals surface area contributed by atoms with Gasteiger partial charge < -0.3 is 5.73 Å². The highest BCUT2D eigenvalue weighted by Crippen LogP contribution is 2.34. The predicted octanol–water partition coefficient (Wildman–Crippen LogP) is 2.57. The van der Waals surface area contributed by atoms with Crippen molar-refractivity contribution in [1.82, 2.24) is 9.38 Å². The number of imidazole rings is 1. The van der Waals surface area contributed by atoms with Gasteiger partial charge in [0.2, 0.25) is 0 Å². The summed E-state index contributed by atoms with van der Waals surface area (Å²) < 4.78 is 2.09. The van der Waals surface area contributed by atoms with Crippen LogP contribution < -0.4 is 5.73 Å². The second-order valence-corrected chi connectivity index (χ2v) is 4.31. The van der Waals surface area contributed by atoms with E-state index in [1.807, 2.05) is 18.3 Å². The average Bonchev–Trinajstić information content (AvgIpc) is 2.85. The van der Waals surface area contributed by atoms with Crippen molar-refractivity contribution in [2.75, 3.05) is 5.73 Å². The molecule has 15 heavy (non-hydrogen) atoms. The Kier molecular flexibility index (Phi) is 1.91. The fraction of sp³-hybridized carbons (Fsp3) is 0.417. The molecular weight excluding hydrogens is 186 g/mol. The van der Waals surface area contributed by atoms with Crippen LogP contribution in [0.1, 0.15) is 37.4 Å². The van der Waals surface area contributed by atoms with Crippen LogP contribution in [0.4, 0.5) is 5.82 Å².